The molecule has 4 rings (SSSR count). The normalized spacial score (nSPS) is 27.2. The van der Waals surface area contributed by atoms with Gasteiger partial charge in [0.25, 0.3) is 5.56 Å². The number of pyridine rings is 1. The molecule has 2 aromatic rings. The molecule has 0 spiro atoms. The highest BCUT2D eigenvalue weighted by Crippen LogP contribution is 2.41. The topological polar surface area (TPSA) is 58.9 Å². The summed E-state index contributed by atoms with van der Waals surface area (Å²) in [6.07, 6.45) is 10.1. The second-order valence-electron chi connectivity index (χ2n) is 8.50. The van der Waals surface area contributed by atoms with Crippen LogP contribution in [-0.2, 0) is 4.74 Å². The molecule has 1 aliphatic carbocycles. The number of fused-ring (bicyclic) bond motifs is 1. The number of rotatable bonds is 4. The van der Waals surface area contributed by atoms with E-state index in [2.05, 4.69) is 63.3 Å². The minimum Gasteiger partial charge on any atom is -0.497 e. The summed E-state index contributed by atoms with van der Waals surface area (Å²) in [6, 6.07) is 3.68. The number of halogens is 2. The molecule has 0 amide bonds. The fourth-order valence-electron chi connectivity index (χ4n) is 4.47. The van der Waals surface area contributed by atoms with Crippen molar-refractivity contribution >= 4 is 39.0 Å². The van der Waals surface area contributed by atoms with E-state index in [1.807, 2.05) is 0 Å². The lowest BCUT2D eigenvalue weighted by atomic mass is 9.68. The molecule has 30 heavy (non-hydrogen) atoms. The van der Waals surface area contributed by atoms with Crippen molar-refractivity contribution in [2.24, 2.45) is 11.3 Å². The summed E-state index contributed by atoms with van der Waals surface area (Å²) >= 11 is 9.47. The first-order valence-corrected chi connectivity index (χ1v) is 11.2. The van der Waals surface area contributed by atoms with Crippen molar-refractivity contribution in [1.29, 1.82) is 0 Å². The third-order valence-corrected chi connectivity index (χ3v) is 7.18. The van der Waals surface area contributed by atoms with E-state index in [1.165, 1.54) is 4.40 Å². The largest absolute Gasteiger partial charge is 0.497 e. The Hall–Kier alpha value is -1.83. The maximum atomic E-state index is 12.8. The van der Waals surface area contributed by atoms with Gasteiger partial charge in [0, 0.05) is 25.3 Å². The lowest BCUT2D eigenvalue weighted by molar-refractivity contribution is 0.114. The quantitative estimate of drug-likeness (QED) is 0.687. The number of likely N-dealkylation sites (tertiary alicyclic amines) is 1. The van der Waals surface area contributed by atoms with E-state index in [1.54, 1.807) is 25.4 Å². The molecule has 8 heteroatoms. The van der Waals surface area contributed by atoms with Crippen molar-refractivity contribution in [3.05, 3.63) is 62.2 Å². The van der Waals surface area contributed by atoms with Gasteiger partial charge in [-0.3, -0.25) is 9.20 Å². The van der Waals surface area contributed by atoms with Crippen molar-refractivity contribution in [1.82, 2.24) is 14.3 Å². The molecule has 0 saturated carbocycles. The minimum atomic E-state index is -0.176. The number of ether oxygens (including phenoxy) is 1. The third-order valence-electron chi connectivity index (χ3n) is 6.25. The Kier molecular flexibility index (Phi) is 5.97. The summed E-state index contributed by atoms with van der Waals surface area (Å²) in [6.45, 7) is 4.24. The summed E-state index contributed by atoms with van der Waals surface area (Å²) < 4.78 is 7.24. The Bertz CT molecular complexity index is 1080. The molecule has 1 N–H and O–H groups in total. The van der Waals surface area contributed by atoms with Crippen LogP contribution >= 0.6 is 27.5 Å². The third kappa shape index (κ3) is 4.15. The van der Waals surface area contributed by atoms with Crippen molar-refractivity contribution in [3.8, 4) is 0 Å². The number of nitrogens with one attached hydrogen (secondary N) is 1. The van der Waals surface area contributed by atoms with Crippen LogP contribution in [-0.4, -0.2) is 47.6 Å². The Labute approximate surface area is 189 Å². The summed E-state index contributed by atoms with van der Waals surface area (Å²) in [5.41, 5.74) is 0.460. The molecule has 3 heterocycles. The first-order chi connectivity index (χ1) is 14.3. The number of anilines is 1. The van der Waals surface area contributed by atoms with Crippen LogP contribution in [0.4, 0.5) is 5.82 Å². The lowest BCUT2D eigenvalue weighted by Gasteiger charge is -2.44. The molecule has 2 aromatic heterocycles. The van der Waals surface area contributed by atoms with Crippen molar-refractivity contribution in [2.75, 3.05) is 32.6 Å². The van der Waals surface area contributed by atoms with E-state index < -0.39 is 0 Å². The van der Waals surface area contributed by atoms with Crippen LogP contribution in [0.25, 0.3) is 5.65 Å². The molecule has 0 radical (unpaired) electrons. The second-order valence-corrected chi connectivity index (χ2v) is 9.73. The molecular weight excluding hydrogens is 468 g/mol. The average Bonchev–Trinajstić information content (AvgIpc) is 2.72. The SMILES string of the molecule is COC1=CCC(C)([C@H]2C[C@@H](Nc3nc4ccc(Cl)cn4c(=O)c3Br)CN(C)C2)C=C1. The van der Waals surface area contributed by atoms with Gasteiger partial charge in [-0.1, -0.05) is 24.6 Å². The molecule has 6 nitrogen and oxygen atoms in total. The van der Waals surface area contributed by atoms with E-state index >= 15 is 0 Å². The molecule has 0 aromatic carbocycles. The highest BCUT2D eigenvalue weighted by atomic mass is 79.9. The molecule has 160 valence electrons. The molecule has 0 bridgehead atoms. The zero-order valence-corrected chi connectivity index (χ0v) is 19.7. The fraction of sp³-hybridized carbons (Fsp3) is 0.455. The van der Waals surface area contributed by atoms with E-state index in [-0.39, 0.29) is 17.0 Å². The Morgan fingerprint density at radius 1 is 1.37 bits per heavy atom. The highest BCUT2D eigenvalue weighted by molar-refractivity contribution is 9.10. The number of allylic oxidation sites excluding steroid dienone is 3. The maximum absolute atomic E-state index is 12.8. The molecule has 2 aliphatic rings. The fourth-order valence-corrected chi connectivity index (χ4v) is 5.02. The lowest BCUT2D eigenvalue weighted by Crippen LogP contribution is -2.49. The summed E-state index contributed by atoms with van der Waals surface area (Å²) in [7, 11) is 3.85. The summed E-state index contributed by atoms with van der Waals surface area (Å²) in [4.78, 5) is 19.8. The Morgan fingerprint density at radius 2 is 2.17 bits per heavy atom. The van der Waals surface area contributed by atoms with Crippen molar-refractivity contribution in [2.45, 2.75) is 25.8 Å². The van der Waals surface area contributed by atoms with Crippen LogP contribution in [0.3, 0.4) is 0 Å². The van der Waals surface area contributed by atoms with Gasteiger partial charge < -0.3 is 15.0 Å². The number of piperidine rings is 1. The molecule has 1 unspecified atom stereocenters. The predicted molar refractivity (Wildman–Crippen MR) is 124 cm³/mol. The average molecular weight is 494 g/mol. The summed E-state index contributed by atoms with van der Waals surface area (Å²) in [5, 5.41) is 4.02. The van der Waals surface area contributed by atoms with Crippen LogP contribution in [0, 0.1) is 11.3 Å². The second kappa shape index (κ2) is 8.36. The predicted octanol–water partition coefficient (Wildman–Crippen LogP) is 4.34. The first-order valence-electron chi connectivity index (χ1n) is 10.0. The molecule has 1 aliphatic heterocycles. The Morgan fingerprint density at radius 3 is 2.87 bits per heavy atom. The van der Waals surface area contributed by atoms with Crippen molar-refractivity contribution in [3.63, 3.8) is 0 Å². The van der Waals surface area contributed by atoms with Gasteiger partial charge in [0.15, 0.2) is 0 Å². The van der Waals surface area contributed by atoms with E-state index in [4.69, 9.17) is 16.3 Å². The van der Waals surface area contributed by atoms with Gasteiger partial charge in [-0.05, 0) is 71.4 Å². The van der Waals surface area contributed by atoms with Gasteiger partial charge in [0.2, 0.25) is 0 Å². The van der Waals surface area contributed by atoms with Gasteiger partial charge in [0.1, 0.15) is 21.7 Å². The van der Waals surface area contributed by atoms with Crippen LogP contribution in [0.15, 0.2) is 51.6 Å². The minimum absolute atomic E-state index is 0.0704. The van der Waals surface area contributed by atoms with Gasteiger partial charge in [-0.25, -0.2) is 4.98 Å². The number of nitrogens with zero attached hydrogens (tertiary/aromatic N) is 3. The van der Waals surface area contributed by atoms with Crippen LogP contribution in [0.5, 0.6) is 0 Å². The zero-order valence-electron chi connectivity index (χ0n) is 17.4. The van der Waals surface area contributed by atoms with Gasteiger partial charge >= 0.3 is 0 Å². The molecule has 1 fully saturated rings. The first kappa shape index (κ1) is 21.4. The number of hydrogen-bond acceptors (Lipinski definition) is 5. The van der Waals surface area contributed by atoms with Gasteiger partial charge in [-0.2, -0.15) is 0 Å². The zero-order chi connectivity index (χ0) is 21.5. The number of aromatic nitrogens is 2. The van der Waals surface area contributed by atoms with Crippen LogP contribution in [0.2, 0.25) is 5.02 Å². The van der Waals surface area contributed by atoms with Crippen LogP contribution in [0.1, 0.15) is 19.8 Å². The number of methoxy groups -OCH3 is 1. The van der Waals surface area contributed by atoms with E-state index in [0.717, 1.165) is 31.7 Å². The van der Waals surface area contributed by atoms with Crippen LogP contribution < -0.4 is 10.9 Å². The molecule has 3 atom stereocenters. The number of likely N-dealkylation sites (N-methyl/N-ethyl adjacent to an activating group) is 1. The van der Waals surface area contributed by atoms with E-state index in [9.17, 15) is 4.79 Å². The molecular formula is C22H26BrClN4O2. The van der Waals surface area contributed by atoms with Gasteiger partial charge in [-0.15, -0.1) is 0 Å². The standard InChI is InChI=1S/C22H26BrClN4O2/c1-22(8-6-17(30-3)7-9-22)14-10-16(13-27(2)11-14)25-20-19(23)21(29)28-12-15(24)4-5-18(28)26-20/h4-8,12,14,16,25H,9-11,13H2,1-3H3/t14-,16+,22?/m0/s1. The maximum Gasteiger partial charge on any atom is 0.274 e. The summed E-state index contributed by atoms with van der Waals surface area (Å²) in [5.74, 6) is 1.97. The van der Waals surface area contributed by atoms with Gasteiger partial charge in [0.05, 0.1) is 12.1 Å². The molecule has 1 saturated heterocycles. The smallest absolute Gasteiger partial charge is 0.274 e. The highest BCUT2D eigenvalue weighted by Gasteiger charge is 2.38. The Balaban J connectivity index is 1.57. The van der Waals surface area contributed by atoms with Crippen molar-refractivity contribution < 1.29 is 4.74 Å². The monoisotopic (exact) mass is 492 g/mol. The number of hydrogen-bond donors (Lipinski definition) is 1. The van der Waals surface area contributed by atoms with E-state index in [0.29, 0.717) is 26.9 Å².